The Morgan fingerprint density at radius 1 is 1.15 bits per heavy atom. The van der Waals surface area contributed by atoms with Crippen molar-refractivity contribution in [3.63, 3.8) is 0 Å². The van der Waals surface area contributed by atoms with Crippen LogP contribution in [0.25, 0.3) is 0 Å². The highest BCUT2D eigenvalue weighted by atomic mass is 16.6. The van der Waals surface area contributed by atoms with Crippen molar-refractivity contribution in [2.45, 2.75) is 64.7 Å². The first-order valence-electron chi connectivity index (χ1n) is 6.75. The number of aliphatic hydroxyl groups is 1. The second-order valence-corrected chi connectivity index (χ2v) is 7.18. The Bertz CT molecular complexity index is 393. The van der Waals surface area contributed by atoms with Gasteiger partial charge in [-0.05, 0) is 48.0 Å². The Labute approximate surface area is 119 Å². The molecule has 0 aromatic heterocycles. The number of aliphatic hydroxyl groups excluding tert-OH is 1. The fourth-order valence-electron chi connectivity index (χ4n) is 1.86. The Hall–Kier alpha value is -1.30. The van der Waals surface area contributed by atoms with Crippen LogP contribution in [0.1, 0.15) is 48.0 Å². The van der Waals surface area contributed by atoms with Crippen LogP contribution in [0.5, 0.6) is 0 Å². The van der Waals surface area contributed by atoms with Gasteiger partial charge in [-0.3, -0.25) is 0 Å². The van der Waals surface area contributed by atoms with Gasteiger partial charge in [0.15, 0.2) is 0 Å². The topological polar surface area (TPSA) is 84.9 Å². The maximum Gasteiger partial charge on any atom is 0.408 e. The molecule has 1 saturated carbocycles. The molecule has 0 aromatic rings. The molecule has 116 valence electrons. The minimum atomic E-state index is -1.16. The molecule has 0 heterocycles. The Morgan fingerprint density at radius 2 is 1.65 bits per heavy atom. The quantitative estimate of drug-likeness (QED) is 0.770. The van der Waals surface area contributed by atoms with Crippen LogP contribution in [0.3, 0.4) is 0 Å². The van der Waals surface area contributed by atoms with Crippen molar-refractivity contribution in [3.05, 3.63) is 0 Å². The van der Waals surface area contributed by atoms with E-state index >= 15 is 0 Å². The molecule has 0 saturated heterocycles. The maximum atomic E-state index is 12.2. The van der Waals surface area contributed by atoms with Gasteiger partial charge >= 0.3 is 12.1 Å². The SMILES string of the molecule is CC(C)(C)OC(=O)N[C@]1(C(=O)OC(C)(C)C)C[C@@H]1CO. The third-order valence-corrected chi connectivity index (χ3v) is 2.81. The molecule has 1 aliphatic rings. The van der Waals surface area contributed by atoms with E-state index in [1.165, 1.54) is 0 Å². The molecule has 20 heavy (non-hydrogen) atoms. The van der Waals surface area contributed by atoms with Crippen LogP contribution in [0.15, 0.2) is 0 Å². The van der Waals surface area contributed by atoms with Gasteiger partial charge in [-0.2, -0.15) is 0 Å². The van der Waals surface area contributed by atoms with Crippen LogP contribution in [0, 0.1) is 5.92 Å². The lowest BCUT2D eigenvalue weighted by Crippen LogP contribution is -2.49. The summed E-state index contributed by atoms with van der Waals surface area (Å²) in [7, 11) is 0. The third kappa shape index (κ3) is 4.37. The highest BCUT2D eigenvalue weighted by molar-refractivity contribution is 5.90. The molecule has 1 amide bonds. The predicted octanol–water partition coefficient (Wildman–Crippen LogP) is 1.60. The number of esters is 1. The predicted molar refractivity (Wildman–Crippen MR) is 73.1 cm³/mol. The van der Waals surface area contributed by atoms with E-state index in [4.69, 9.17) is 9.47 Å². The molecule has 0 aromatic carbocycles. The van der Waals surface area contributed by atoms with Gasteiger partial charge in [-0.1, -0.05) is 0 Å². The van der Waals surface area contributed by atoms with Gasteiger partial charge in [0.2, 0.25) is 0 Å². The molecule has 0 unspecified atom stereocenters. The first-order chi connectivity index (χ1) is 8.89. The number of hydrogen-bond donors (Lipinski definition) is 2. The number of nitrogens with one attached hydrogen (secondary N) is 1. The van der Waals surface area contributed by atoms with Gasteiger partial charge in [0.1, 0.15) is 16.7 Å². The van der Waals surface area contributed by atoms with Crippen molar-refractivity contribution in [1.82, 2.24) is 5.32 Å². The molecule has 6 nitrogen and oxygen atoms in total. The fraction of sp³-hybridized carbons (Fsp3) is 0.857. The van der Waals surface area contributed by atoms with Gasteiger partial charge < -0.3 is 19.9 Å². The summed E-state index contributed by atoms with van der Waals surface area (Å²) < 4.78 is 10.5. The minimum Gasteiger partial charge on any atom is -0.458 e. The molecule has 2 atom stereocenters. The zero-order valence-electron chi connectivity index (χ0n) is 13.1. The fourth-order valence-corrected chi connectivity index (χ4v) is 1.86. The minimum absolute atomic E-state index is 0.185. The van der Waals surface area contributed by atoms with Crippen LogP contribution in [0.2, 0.25) is 0 Å². The standard InChI is InChI=1S/C14H25NO5/c1-12(2,3)19-10(17)14(7-9(14)8-16)15-11(18)20-13(4,5)6/h9,16H,7-8H2,1-6H3,(H,15,18)/t9-,14-/m1/s1. The van der Waals surface area contributed by atoms with E-state index in [2.05, 4.69) is 5.32 Å². The molecule has 0 aliphatic heterocycles. The molecule has 1 fully saturated rings. The van der Waals surface area contributed by atoms with Crippen molar-refractivity contribution >= 4 is 12.1 Å². The second kappa shape index (κ2) is 5.24. The summed E-state index contributed by atoms with van der Waals surface area (Å²) in [6.45, 7) is 10.3. The number of ether oxygens (including phenoxy) is 2. The van der Waals surface area contributed by atoms with Crippen molar-refractivity contribution < 1.29 is 24.2 Å². The summed E-state index contributed by atoms with van der Waals surface area (Å²) in [4.78, 5) is 24.0. The first-order valence-corrected chi connectivity index (χ1v) is 6.75. The molecule has 1 rings (SSSR count). The van der Waals surface area contributed by atoms with E-state index in [1.807, 2.05) is 0 Å². The van der Waals surface area contributed by atoms with Crippen LogP contribution in [0.4, 0.5) is 4.79 Å². The van der Waals surface area contributed by atoms with Gasteiger partial charge in [-0.25, -0.2) is 9.59 Å². The average Bonchev–Trinajstić information content (AvgIpc) is 2.86. The number of alkyl carbamates (subject to hydrolysis) is 1. The van der Waals surface area contributed by atoms with E-state index in [0.29, 0.717) is 6.42 Å². The molecule has 6 heteroatoms. The van der Waals surface area contributed by atoms with E-state index in [-0.39, 0.29) is 12.5 Å². The largest absolute Gasteiger partial charge is 0.458 e. The van der Waals surface area contributed by atoms with Crippen molar-refractivity contribution in [2.24, 2.45) is 5.92 Å². The third-order valence-electron chi connectivity index (χ3n) is 2.81. The molecule has 1 aliphatic carbocycles. The zero-order valence-corrected chi connectivity index (χ0v) is 13.1. The first kappa shape index (κ1) is 16.8. The Morgan fingerprint density at radius 3 is 2.00 bits per heavy atom. The number of rotatable bonds is 3. The normalized spacial score (nSPS) is 25.9. The van der Waals surface area contributed by atoms with Crippen molar-refractivity contribution in [3.8, 4) is 0 Å². The van der Waals surface area contributed by atoms with E-state index in [0.717, 1.165) is 0 Å². The summed E-state index contributed by atoms with van der Waals surface area (Å²) in [6.07, 6.45) is -0.322. The lowest BCUT2D eigenvalue weighted by Gasteiger charge is -2.26. The number of hydrogen-bond acceptors (Lipinski definition) is 5. The smallest absolute Gasteiger partial charge is 0.408 e. The summed E-state index contributed by atoms with van der Waals surface area (Å²) in [6, 6.07) is 0. The second-order valence-electron chi connectivity index (χ2n) is 7.18. The number of carbonyl (C=O) groups is 2. The molecule has 0 radical (unpaired) electrons. The zero-order chi connectivity index (χ0) is 15.8. The van der Waals surface area contributed by atoms with Gasteiger partial charge in [0.25, 0.3) is 0 Å². The van der Waals surface area contributed by atoms with Crippen LogP contribution in [-0.2, 0) is 14.3 Å². The lowest BCUT2D eigenvalue weighted by molar-refractivity contribution is -0.159. The molecular weight excluding hydrogens is 262 g/mol. The Kier molecular flexibility index (Phi) is 4.39. The van der Waals surface area contributed by atoms with E-state index in [9.17, 15) is 14.7 Å². The van der Waals surface area contributed by atoms with Gasteiger partial charge in [0, 0.05) is 12.5 Å². The molecule has 0 bridgehead atoms. The lowest BCUT2D eigenvalue weighted by atomic mass is 10.1. The number of carbonyl (C=O) groups excluding carboxylic acids is 2. The number of amides is 1. The van der Waals surface area contributed by atoms with E-state index < -0.39 is 28.8 Å². The highest BCUT2D eigenvalue weighted by Gasteiger charge is 2.63. The van der Waals surface area contributed by atoms with Crippen molar-refractivity contribution in [2.75, 3.05) is 6.61 Å². The summed E-state index contributed by atoms with van der Waals surface area (Å²) in [5.41, 5.74) is -2.46. The summed E-state index contributed by atoms with van der Waals surface area (Å²) in [5.74, 6) is -0.861. The average molecular weight is 287 g/mol. The Balaban J connectivity index is 2.75. The maximum absolute atomic E-state index is 12.2. The van der Waals surface area contributed by atoms with E-state index in [1.54, 1.807) is 41.5 Å². The van der Waals surface area contributed by atoms with Gasteiger partial charge in [-0.15, -0.1) is 0 Å². The highest BCUT2D eigenvalue weighted by Crippen LogP contribution is 2.45. The van der Waals surface area contributed by atoms with Crippen LogP contribution < -0.4 is 5.32 Å². The molecule has 2 N–H and O–H groups in total. The van der Waals surface area contributed by atoms with Gasteiger partial charge in [0.05, 0.1) is 0 Å². The molecular formula is C14H25NO5. The van der Waals surface area contributed by atoms with Crippen LogP contribution >= 0.6 is 0 Å². The van der Waals surface area contributed by atoms with Crippen LogP contribution in [-0.4, -0.2) is 40.5 Å². The summed E-state index contributed by atoms with van der Waals surface area (Å²) >= 11 is 0. The molecule has 0 spiro atoms. The summed E-state index contributed by atoms with van der Waals surface area (Å²) in [5, 5.41) is 11.8. The monoisotopic (exact) mass is 287 g/mol. The van der Waals surface area contributed by atoms with Crippen molar-refractivity contribution in [1.29, 1.82) is 0 Å².